The van der Waals surface area contributed by atoms with Crippen LogP contribution >= 0.6 is 11.6 Å². The van der Waals surface area contributed by atoms with Crippen LogP contribution in [-0.2, 0) is 4.79 Å². The van der Waals surface area contributed by atoms with E-state index >= 15 is 0 Å². The van der Waals surface area contributed by atoms with Gasteiger partial charge in [0.15, 0.2) is 5.78 Å². The number of carboxylic acid groups (broad SMARTS) is 1. The maximum atomic E-state index is 12.1. The van der Waals surface area contributed by atoms with Crippen molar-refractivity contribution in [3.63, 3.8) is 0 Å². The normalized spacial score (nSPS) is 18.6. The Hall–Kier alpha value is -1.55. The Morgan fingerprint density at radius 3 is 3.00 bits per heavy atom. The number of aliphatic carboxylic acids is 1. The van der Waals surface area contributed by atoms with E-state index < -0.39 is 24.0 Å². The number of benzene rings is 1. The van der Waals surface area contributed by atoms with E-state index in [0.717, 1.165) is 19.1 Å². The van der Waals surface area contributed by atoms with E-state index in [1.165, 1.54) is 0 Å². The van der Waals surface area contributed by atoms with E-state index in [1.54, 1.807) is 0 Å². The molecule has 0 radical (unpaired) electrons. The Morgan fingerprint density at radius 2 is 2.44 bits per heavy atom. The SMILES string of the molecule is [2H]c1cc(C(=O)C([2H])([2H])C([2H])(C)C(=O)O)c(N)cc1Cl. The molecule has 86 valence electrons. The van der Waals surface area contributed by atoms with Crippen LogP contribution in [0.1, 0.15) is 29.1 Å². The van der Waals surface area contributed by atoms with E-state index in [2.05, 4.69) is 0 Å². The zero-order valence-corrected chi connectivity index (χ0v) is 9.13. The number of carbonyl (C=O) groups is 2. The second-order valence-corrected chi connectivity index (χ2v) is 3.44. The molecule has 1 aromatic rings. The molecule has 1 aromatic carbocycles. The molecule has 4 nitrogen and oxygen atoms in total. The average molecular weight is 246 g/mol. The van der Waals surface area contributed by atoms with Gasteiger partial charge in [0, 0.05) is 26.8 Å². The minimum atomic E-state index is -3.02. The van der Waals surface area contributed by atoms with E-state index in [-0.39, 0.29) is 22.3 Å². The maximum absolute atomic E-state index is 12.1. The molecule has 1 unspecified atom stereocenters. The van der Waals surface area contributed by atoms with Gasteiger partial charge in [-0.2, -0.15) is 0 Å². The summed E-state index contributed by atoms with van der Waals surface area (Å²) in [6, 6.07) is 1.81. The highest BCUT2D eigenvalue weighted by Gasteiger charge is 2.18. The predicted octanol–water partition coefficient (Wildman–Crippen LogP) is 2.22. The first-order chi connectivity index (χ1) is 8.92. The molecule has 0 saturated heterocycles. The summed E-state index contributed by atoms with van der Waals surface area (Å²) in [5, 5.41) is 8.85. The van der Waals surface area contributed by atoms with Crippen LogP contribution in [0.4, 0.5) is 5.69 Å². The molecule has 0 bridgehead atoms. The summed E-state index contributed by atoms with van der Waals surface area (Å²) in [6.45, 7) is 0.779. The van der Waals surface area contributed by atoms with Crippen molar-refractivity contribution >= 4 is 29.0 Å². The molecule has 0 amide bonds. The molecular weight excluding hydrogens is 230 g/mol. The Bertz CT molecular complexity index is 589. The zero-order chi connectivity index (χ0) is 15.9. The fourth-order valence-electron chi connectivity index (χ4n) is 0.968. The summed E-state index contributed by atoms with van der Waals surface area (Å²) in [5.74, 6) is -5.76. The Morgan fingerprint density at radius 1 is 1.81 bits per heavy atom. The number of halogens is 1. The molecule has 0 aromatic heterocycles. The number of ketones is 1. The summed E-state index contributed by atoms with van der Waals surface area (Å²) in [7, 11) is 0. The fourth-order valence-corrected chi connectivity index (χ4v) is 1.14. The highest BCUT2D eigenvalue weighted by Crippen LogP contribution is 2.20. The molecule has 0 aliphatic carbocycles. The number of nitrogen functional groups attached to an aromatic ring is 1. The number of Topliss-reactive ketones (excluding diaryl/α,β-unsaturated/α-hetero) is 1. The second-order valence-electron chi connectivity index (χ2n) is 3.03. The lowest BCUT2D eigenvalue weighted by Crippen LogP contribution is -2.15. The zero-order valence-electron chi connectivity index (χ0n) is 12.4. The Labute approximate surface area is 104 Å². The van der Waals surface area contributed by atoms with Crippen LogP contribution in [0, 0.1) is 5.89 Å². The standard InChI is InChI=1S/C11H12ClNO3/c1-6(11(15)16)4-10(14)8-3-2-7(12)5-9(8)13/h2-3,5-6H,4,13H2,1H3,(H,15,16)/i2D,4D2,6D. The van der Waals surface area contributed by atoms with Crippen molar-refractivity contribution in [2.45, 2.75) is 13.3 Å². The van der Waals surface area contributed by atoms with E-state index in [9.17, 15) is 9.59 Å². The molecule has 5 heteroatoms. The molecule has 0 aliphatic heterocycles. The Balaban J connectivity index is 3.38. The summed E-state index contributed by atoms with van der Waals surface area (Å²) < 4.78 is 30.2. The summed E-state index contributed by atoms with van der Waals surface area (Å²) in [5.41, 5.74) is 4.99. The molecular formula is C11H12ClNO3. The minimum Gasteiger partial charge on any atom is -0.481 e. The molecule has 1 atom stereocenters. The summed E-state index contributed by atoms with van der Waals surface area (Å²) in [6.07, 6.45) is -3.02. The number of hydrogen-bond donors (Lipinski definition) is 2. The van der Waals surface area contributed by atoms with Crippen molar-refractivity contribution in [1.82, 2.24) is 0 Å². The van der Waals surface area contributed by atoms with Crippen molar-refractivity contribution in [2.75, 3.05) is 5.73 Å². The van der Waals surface area contributed by atoms with Crippen molar-refractivity contribution in [2.24, 2.45) is 5.89 Å². The third kappa shape index (κ3) is 2.97. The summed E-state index contributed by atoms with van der Waals surface area (Å²) >= 11 is 5.64. The number of rotatable bonds is 4. The molecule has 0 saturated carbocycles. The van der Waals surface area contributed by atoms with Crippen molar-refractivity contribution < 1.29 is 20.2 Å². The van der Waals surface area contributed by atoms with E-state index in [0.29, 0.717) is 0 Å². The van der Waals surface area contributed by atoms with Gasteiger partial charge in [0.2, 0.25) is 0 Å². The van der Waals surface area contributed by atoms with Gasteiger partial charge in [-0.1, -0.05) is 18.5 Å². The van der Waals surface area contributed by atoms with Crippen LogP contribution in [0.3, 0.4) is 0 Å². The minimum absolute atomic E-state index is 0.0218. The first-order valence-electron chi connectivity index (χ1n) is 6.26. The van der Waals surface area contributed by atoms with Crippen molar-refractivity contribution in [3.05, 3.63) is 28.8 Å². The molecule has 0 aliphatic rings. The van der Waals surface area contributed by atoms with Gasteiger partial charge < -0.3 is 10.8 Å². The Kier molecular flexibility index (Phi) is 2.39. The highest BCUT2D eigenvalue weighted by molar-refractivity contribution is 6.31. The number of anilines is 1. The van der Waals surface area contributed by atoms with Crippen LogP contribution < -0.4 is 5.73 Å². The lowest BCUT2D eigenvalue weighted by Gasteiger charge is -2.07. The lowest BCUT2D eigenvalue weighted by molar-refractivity contribution is -0.141. The quantitative estimate of drug-likeness (QED) is 0.630. The number of carboxylic acids is 1. The predicted molar refractivity (Wildman–Crippen MR) is 61.6 cm³/mol. The van der Waals surface area contributed by atoms with Crippen molar-refractivity contribution in [1.29, 1.82) is 0 Å². The lowest BCUT2D eigenvalue weighted by atomic mass is 9.99. The number of nitrogens with two attached hydrogens (primary N) is 1. The smallest absolute Gasteiger partial charge is 0.306 e. The van der Waals surface area contributed by atoms with Gasteiger partial charge in [0.1, 0.15) is 0 Å². The van der Waals surface area contributed by atoms with Gasteiger partial charge in [0.05, 0.1) is 7.26 Å². The van der Waals surface area contributed by atoms with Crippen LogP contribution in [0.2, 0.25) is 5.02 Å². The summed E-state index contributed by atoms with van der Waals surface area (Å²) in [4.78, 5) is 23.1. The number of carbonyl (C=O) groups excluding carboxylic acids is 1. The van der Waals surface area contributed by atoms with Gasteiger partial charge in [-0.15, -0.1) is 0 Å². The topological polar surface area (TPSA) is 80.4 Å². The maximum Gasteiger partial charge on any atom is 0.306 e. The van der Waals surface area contributed by atoms with Crippen molar-refractivity contribution in [3.8, 4) is 0 Å². The monoisotopic (exact) mass is 245 g/mol. The first-order valence-corrected chi connectivity index (χ1v) is 4.64. The van der Waals surface area contributed by atoms with Gasteiger partial charge in [0.25, 0.3) is 0 Å². The largest absolute Gasteiger partial charge is 0.481 e. The van der Waals surface area contributed by atoms with E-state index in [1.807, 2.05) is 0 Å². The molecule has 0 spiro atoms. The van der Waals surface area contributed by atoms with E-state index in [4.69, 9.17) is 27.9 Å². The highest BCUT2D eigenvalue weighted by atomic mass is 35.5. The van der Waals surface area contributed by atoms with Crippen LogP contribution in [0.5, 0.6) is 0 Å². The van der Waals surface area contributed by atoms with Crippen LogP contribution in [0.25, 0.3) is 0 Å². The third-order valence-electron chi connectivity index (χ3n) is 1.81. The van der Waals surface area contributed by atoms with Crippen LogP contribution in [-0.4, -0.2) is 16.9 Å². The fraction of sp³-hybridized carbons (Fsp3) is 0.273. The van der Waals surface area contributed by atoms with Gasteiger partial charge >= 0.3 is 5.97 Å². The molecule has 3 N–H and O–H groups in total. The van der Waals surface area contributed by atoms with Gasteiger partial charge in [-0.25, -0.2) is 0 Å². The molecule has 0 heterocycles. The van der Waals surface area contributed by atoms with Crippen LogP contribution in [0.15, 0.2) is 18.2 Å². The third-order valence-corrected chi connectivity index (χ3v) is 2.03. The van der Waals surface area contributed by atoms with Gasteiger partial charge in [-0.3, -0.25) is 9.59 Å². The first kappa shape index (κ1) is 7.68. The molecule has 0 fully saturated rings. The molecule has 1 rings (SSSR count). The second kappa shape index (κ2) is 4.99. The molecule has 16 heavy (non-hydrogen) atoms. The average Bonchev–Trinajstić information content (AvgIpc) is 2.32. The van der Waals surface area contributed by atoms with Gasteiger partial charge in [-0.05, 0) is 18.2 Å². The number of hydrogen-bond acceptors (Lipinski definition) is 3.